The summed E-state index contributed by atoms with van der Waals surface area (Å²) in [4.78, 5) is 34.6. The molecule has 0 spiro atoms. The first-order valence-corrected chi connectivity index (χ1v) is 8.71. The number of benzene rings is 1. The third-order valence-electron chi connectivity index (χ3n) is 3.10. The lowest BCUT2D eigenvalue weighted by Gasteiger charge is -2.18. The zero-order valence-electron chi connectivity index (χ0n) is 13.2. The van der Waals surface area contributed by atoms with E-state index in [1.807, 2.05) is 13.2 Å². The maximum atomic E-state index is 12.3. The quantitative estimate of drug-likeness (QED) is 0.529. The van der Waals surface area contributed by atoms with Gasteiger partial charge >= 0.3 is 0 Å². The van der Waals surface area contributed by atoms with E-state index < -0.39 is 16.9 Å². The molecule has 126 valence electrons. The Hall–Kier alpha value is -2.09. The van der Waals surface area contributed by atoms with Crippen molar-refractivity contribution >= 4 is 29.3 Å². The average molecular weight is 339 g/mol. The standard InChI is InChI=1S/C15H21N3O4S/c1-3-8-16-15(20)13(7-9-23-2)17-14(19)11-5-4-6-12(10-11)18(21)22/h4-6,10,13H,3,7-9H2,1-2H3,(H,16,20)(H,17,19). The molecule has 0 bridgehead atoms. The summed E-state index contributed by atoms with van der Waals surface area (Å²) in [6, 6.07) is 4.79. The molecule has 1 unspecified atom stereocenters. The molecule has 0 aliphatic heterocycles. The second kappa shape index (κ2) is 9.83. The van der Waals surface area contributed by atoms with Gasteiger partial charge in [-0.05, 0) is 30.9 Å². The maximum Gasteiger partial charge on any atom is 0.270 e. The van der Waals surface area contributed by atoms with Gasteiger partial charge in [0, 0.05) is 24.2 Å². The number of hydrogen-bond donors (Lipinski definition) is 2. The van der Waals surface area contributed by atoms with Crippen molar-refractivity contribution in [3.8, 4) is 0 Å². The molecular weight excluding hydrogens is 318 g/mol. The Morgan fingerprint density at radius 1 is 1.39 bits per heavy atom. The first kappa shape index (κ1) is 19.0. The molecular formula is C15H21N3O4S. The molecule has 1 aromatic rings. The molecule has 0 fully saturated rings. The van der Waals surface area contributed by atoms with Crippen LogP contribution in [0.1, 0.15) is 30.1 Å². The van der Waals surface area contributed by atoms with E-state index in [9.17, 15) is 19.7 Å². The van der Waals surface area contributed by atoms with Crippen LogP contribution in [0.4, 0.5) is 5.69 Å². The fourth-order valence-corrected chi connectivity index (χ4v) is 2.35. The lowest BCUT2D eigenvalue weighted by atomic mass is 10.1. The fraction of sp³-hybridized carbons (Fsp3) is 0.467. The molecule has 0 aliphatic carbocycles. The lowest BCUT2D eigenvalue weighted by molar-refractivity contribution is -0.384. The van der Waals surface area contributed by atoms with Gasteiger partial charge in [0.2, 0.25) is 5.91 Å². The molecule has 2 amide bonds. The average Bonchev–Trinajstić information content (AvgIpc) is 2.56. The maximum absolute atomic E-state index is 12.3. The topological polar surface area (TPSA) is 101 Å². The molecule has 8 heteroatoms. The van der Waals surface area contributed by atoms with E-state index in [0.29, 0.717) is 13.0 Å². The van der Waals surface area contributed by atoms with E-state index in [-0.39, 0.29) is 17.2 Å². The molecule has 1 rings (SSSR count). The third-order valence-corrected chi connectivity index (χ3v) is 3.74. The normalized spacial score (nSPS) is 11.6. The van der Waals surface area contributed by atoms with Crippen molar-refractivity contribution in [3.63, 3.8) is 0 Å². The summed E-state index contributed by atoms with van der Waals surface area (Å²) in [5.74, 6) is -0.00878. The fourth-order valence-electron chi connectivity index (χ4n) is 1.88. The Kier molecular flexibility index (Phi) is 8.10. The van der Waals surface area contributed by atoms with Crippen LogP contribution in [0, 0.1) is 10.1 Å². The molecule has 0 aromatic heterocycles. The number of nitrogens with one attached hydrogen (secondary N) is 2. The van der Waals surface area contributed by atoms with Gasteiger partial charge in [0.15, 0.2) is 0 Å². The summed E-state index contributed by atoms with van der Waals surface area (Å²) < 4.78 is 0. The number of nitrogens with zero attached hydrogens (tertiary/aromatic N) is 1. The second-order valence-corrected chi connectivity index (χ2v) is 5.89. The summed E-state index contributed by atoms with van der Waals surface area (Å²) in [5, 5.41) is 16.2. The Bertz CT molecular complexity index is 565. The van der Waals surface area contributed by atoms with Gasteiger partial charge in [0.1, 0.15) is 6.04 Å². The van der Waals surface area contributed by atoms with Crippen LogP contribution in [0.2, 0.25) is 0 Å². The van der Waals surface area contributed by atoms with E-state index >= 15 is 0 Å². The summed E-state index contributed by atoms with van der Waals surface area (Å²) in [5.41, 5.74) is 0.00499. The van der Waals surface area contributed by atoms with Crippen LogP contribution in [0.3, 0.4) is 0 Å². The first-order chi connectivity index (χ1) is 11.0. The number of thioether (sulfide) groups is 1. The van der Waals surface area contributed by atoms with Crippen molar-refractivity contribution < 1.29 is 14.5 Å². The summed E-state index contributed by atoms with van der Waals surface area (Å²) >= 11 is 1.58. The highest BCUT2D eigenvalue weighted by atomic mass is 32.2. The minimum absolute atomic E-state index is 0.159. The number of nitro groups is 1. The summed E-state index contributed by atoms with van der Waals surface area (Å²) in [6.45, 7) is 2.49. The predicted octanol–water partition coefficient (Wildman–Crippen LogP) is 1.97. The number of rotatable bonds is 9. The molecule has 1 atom stereocenters. The second-order valence-electron chi connectivity index (χ2n) is 4.91. The van der Waals surface area contributed by atoms with E-state index in [4.69, 9.17) is 0 Å². The van der Waals surface area contributed by atoms with Gasteiger partial charge in [-0.3, -0.25) is 19.7 Å². The first-order valence-electron chi connectivity index (χ1n) is 7.31. The molecule has 0 heterocycles. The van der Waals surface area contributed by atoms with E-state index in [2.05, 4.69) is 10.6 Å². The van der Waals surface area contributed by atoms with E-state index in [0.717, 1.165) is 12.2 Å². The third kappa shape index (κ3) is 6.27. The number of hydrogen-bond acceptors (Lipinski definition) is 5. The van der Waals surface area contributed by atoms with Gasteiger partial charge in [-0.1, -0.05) is 13.0 Å². The smallest absolute Gasteiger partial charge is 0.270 e. The summed E-state index contributed by atoms with van der Waals surface area (Å²) in [6.07, 6.45) is 3.22. The van der Waals surface area contributed by atoms with Crippen LogP contribution >= 0.6 is 11.8 Å². The van der Waals surface area contributed by atoms with Crippen LogP contribution in [0.5, 0.6) is 0 Å². The summed E-state index contributed by atoms with van der Waals surface area (Å²) in [7, 11) is 0. The van der Waals surface area contributed by atoms with Crippen molar-refractivity contribution in [2.45, 2.75) is 25.8 Å². The number of nitro benzene ring substituents is 1. The van der Waals surface area contributed by atoms with Gasteiger partial charge < -0.3 is 10.6 Å². The number of non-ortho nitro benzene ring substituents is 1. The monoisotopic (exact) mass is 339 g/mol. The van der Waals surface area contributed by atoms with Crippen LogP contribution in [0.15, 0.2) is 24.3 Å². The zero-order valence-corrected chi connectivity index (χ0v) is 14.0. The van der Waals surface area contributed by atoms with Gasteiger partial charge in [0.05, 0.1) is 4.92 Å². The molecule has 2 N–H and O–H groups in total. The lowest BCUT2D eigenvalue weighted by Crippen LogP contribution is -2.47. The molecule has 0 radical (unpaired) electrons. The Morgan fingerprint density at radius 3 is 2.74 bits per heavy atom. The molecule has 0 aliphatic rings. The van der Waals surface area contributed by atoms with Gasteiger partial charge in [-0.15, -0.1) is 0 Å². The molecule has 7 nitrogen and oxygen atoms in total. The highest BCUT2D eigenvalue weighted by Gasteiger charge is 2.21. The zero-order chi connectivity index (χ0) is 17.2. The highest BCUT2D eigenvalue weighted by molar-refractivity contribution is 7.98. The molecule has 0 saturated heterocycles. The minimum Gasteiger partial charge on any atom is -0.354 e. The van der Waals surface area contributed by atoms with Crippen molar-refractivity contribution in [1.82, 2.24) is 10.6 Å². The largest absolute Gasteiger partial charge is 0.354 e. The number of amides is 2. The molecule has 1 aromatic carbocycles. The Labute approximate surface area is 139 Å². The highest BCUT2D eigenvalue weighted by Crippen LogP contribution is 2.13. The van der Waals surface area contributed by atoms with Crippen molar-refractivity contribution in [2.75, 3.05) is 18.6 Å². The van der Waals surface area contributed by atoms with Gasteiger partial charge in [-0.25, -0.2) is 0 Å². The van der Waals surface area contributed by atoms with Crippen molar-refractivity contribution in [2.24, 2.45) is 0 Å². The predicted molar refractivity (Wildman–Crippen MR) is 90.7 cm³/mol. The number of carbonyl (C=O) groups is 2. The molecule has 23 heavy (non-hydrogen) atoms. The van der Waals surface area contributed by atoms with E-state index in [1.165, 1.54) is 24.3 Å². The van der Waals surface area contributed by atoms with Crippen molar-refractivity contribution in [3.05, 3.63) is 39.9 Å². The van der Waals surface area contributed by atoms with Gasteiger partial charge in [0.25, 0.3) is 11.6 Å². The minimum atomic E-state index is -0.652. The SMILES string of the molecule is CCCNC(=O)C(CCSC)NC(=O)c1cccc([N+](=O)[O-])c1. The van der Waals surface area contributed by atoms with Crippen LogP contribution in [-0.2, 0) is 4.79 Å². The van der Waals surface area contributed by atoms with Crippen LogP contribution in [0.25, 0.3) is 0 Å². The Morgan fingerprint density at radius 2 is 2.13 bits per heavy atom. The Balaban J connectivity index is 2.81. The number of carbonyl (C=O) groups excluding carboxylic acids is 2. The molecule has 0 saturated carbocycles. The van der Waals surface area contributed by atoms with E-state index in [1.54, 1.807) is 11.8 Å². The van der Waals surface area contributed by atoms with Crippen LogP contribution in [-0.4, -0.2) is 41.3 Å². The van der Waals surface area contributed by atoms with Crippen molar-refractivity contribution in [1.29, 1.82) is 0 Å². The van der Waals surface area contributed by atoms with Gasteiger partial charge in [-0.2, -0.15) is 11.8 Å². The van der Waals surface area contributed by atoms with Crippen LogP contribution < -0.4 is 10.6 Å².